The molecule has 0 atom stereocenters. The zero-order chi connectivity index (χ0) is 15.5. The van der Waals surface area contributed by atoms with Gasteiger partial charge >= 0.3 is 0 Å². The SMILES string of the molecule is CCOc1ccccc1N=CC1=C(O)CC(C)(C)CC1=O. The second-order valence-corrected chi connectivity index (χ2v) is 5.96. The molecular formula is C17H21NO3. The fourth-order valence-electron chi connectivity index (χ4n) is 2.42. The Balaban J connectivity index is 2.27. The lowest BCUT2D eigenvalue weighted by molar-refractivity contribution is -0.117. The first kappa shape index (κ1) is 15.3. The van der Waals surface area contributed by atoms with Gasteiger partial charge in [0, 0.05) is 19.1 Å². The van der Waals surface area contributed by atoms with Crippen LogP contribution in [0.2, 0.25) is 0 Å². The number of aliphatic imine (C=N–C) groups is 1. The van der Waals surface area contributed by atoms with E-state index < -0.39 is 0 Å². The van der Waals surface area contributed by atoms with E-state index in [1.807, 2.05) is 45.0 Å². The third-order valence-corrected chi connectivity index (χ3v) is 3.39. The summed E-state index contributed by atoms with van der Waals surface area (Å²) < 4.78 is 5.49. The monoisotopic (exact) mass is 287 g/mol. The summed E-state index contributed by atoms with van der Waals surface area (Å²) in [4.78, 5) is 16.4. The predicted octanol–water partition coefficient (Wildman–Crippen LogP) is 3.99. The van der Waals surface area contributed by atoms with Crippen molar-refractivity contribution in [3.8, 4) is 5.75 Å². The molecule has 1 N–H and O–H groups in total. The number of carbonyl (C=O) groups is 1. The van der Waals surface area contributed by atoms with Crippen LogP contribution >= 0.6 is 0 Å². The third kappa shape index (κ3) is 3.72. The molecule has 0 amide bonds. The Hall–Kier alpha value is -2.10. The average molecular weight is 287 g/mol. The number of hydrogen-bond acceptors (Lipinski definition) is 4. The summed E-state index contributed by atoms with van der Waals surface area (Å²) in [5.74, 6) is 0.718. The zero-order valence-corrected chi connectivity index (χ0v) is 12.7. The number of hydrogen-bond donors (Lipinski definition) is 1. The van der Waals surface area contributed by atoms with Crippen molar-refractivity contribution >= 4 is 17.7 Å². The number of Topliss-reactive ketones (excluding diaryl/α,β-unsaturated/α-hetero) is 1. The Morgan fingerprint density at radius 2 is 2.05 bits per heavy atom. The first-order valence-corrected chi connectivity index (χ1v) is 7.14. The predicted molar refractivity (Wildman–Crippen MR) is 83.4 cm³/mol. The number of aliphatic hydroxyl groups is 1. The number of para-hydroxylation sites is 2. The molecular weight excluding hydrogens is 266 g/mol. The first-order chi connectivity index (χ1) is 9.93. The highest BCUT2D eigenvalue weighted by Gasteiger charge is 2.32. The number of aliphatic hydroxyl groups excluding tert-OH is 1. The number of ketones is 1. The van der Waals surface area contributed by atoms with Gasteiger partial charge in [-0.1, -0.05) is 26.0 Å². The number of nitrogens with zero attached hydrogens (tertiary/aromatic N) is 1. The van der Waals surface area contributed by atoms with Crippen molar-refractivity contribution in [1.82, 2.24) is 0 Å². The quantitative estimate of drug-likeness (QED) is 0.852. The normalized spacial score (nSPS) is 18.3. The van der Waals surface area contributed by atoms with E-state index in [-0.39, 0.29) is 17.0 Å². The van der Waals surface area contributed by atoms with Gasteiger partial charge in [0.25, 0.3) is 0 Å². The minimum absolute atomic E-state index is 0.0682. The van der Waals surface area contributed by atoms with Crippen molar-refractivity contribution < 1.29 is 14.6 Å². The van der Waals surface area contributed by atoms with E-state index in [9.17, 15) is 9.90 Å². The fraction of sp³-hybridized carbons (Fsp3) is 0.412. The number of ether oxygens (including phenoxy) is 1. The van der Waals surface area contributed by atoms with Crippen LogP contribution in [0, 0.1) is 5.41 Å². The summed E-state index contributed by atoms with van der Waals surface area (Å²) in [6.45, 7) is 6.40. The van der Waals surface area contributed by atoms with Crippen LogP contribution in [0.5, 0.6) is 5.75 Å². The van der Waals surface area contributed by atoms with Gasteiger partial charge < -0.3 is 9.84 Å². The maximum Gasteiger partial charge on any atom is 0.168 e. The molecule has 0 unspecified atom stereocenters. The van der Waals surface area contributed by atoms with Crippen LogP contribution in [0.3, 0.4) is 0 Å². The van der Waals surface area contributed by atoms with Crippen molar-refractivity contribution in [3.63, 3.8) is 0 Å². The molecule has 0 fully saturated rings. The van der Waals surface area contributed by atoms with E-state index >= 15 is 0 Å². The van der Waals surface area contributed by atoms with E-state index in [1.165, 1.54) is 6.21 Å². The van der Waals surface area contributed by atoms with Crippen molar-refractivity contribution in [2.45, 2.75) is 33.6 Å². The molecule has 1 aliphatic rings. The summed E-state index contributed by atoms with van der Waals surface area (Å²) in [6.07, 6.45) is 2.36. The van der Waals surface area contributed by atoms with Gasteiger partial charge in [0.2, 0.25) is 0 Å². The van der Waals surface area contributed by atoms with Gasteiger partial charge in [-0.3, -0.25) is 9.79 Å². The minimum atomic E-state index is -0.193. The Labute approximate surface area is 125 Å². The molecule has 21 heavy (non-hydrogen) atoms. The average Bonchev–Trinajstić information content (AvgIpc) is 2.38. The molecule has 0 radical (unpaired) electrons. The molecule has 1 aromatic carbocycles. The van der Waals surface area contributed by atoms with Crippen LogP contribution < -0.4 is 4.74 Å². The minimum Gasteiger partial charge on any atom is -0.511 e. The van der Waals surface area contributed by atoms with E-state index in [2.05, 4.69) is 4.99 Å². The zero-order valence-electron chi connectivity index (χ0n) is 12.7. The van der Waals surface area contributed by atoms with Gasteiger partial charge in [-0.15, -0.1) is 0 Å². The Morgan fingerprint density at radius 1 is 1.33 bits per heavy atom. The number of rotatable bonds is 4. The second kappa shape index (κ2) is 6.12. The smallest absolute Gasteiger partial charge is 0.168 e. The van der Waals surface area contributed by atoms with E-state index in [0.29, 0.717) is 36.5 Å². The van der Waals surface area contributed by atoms with Crippen LogP contribution in [0.25, 0.3) is 0 Å². The van der Waals surface area contributed by atoms with Crippen LogP contribution in [0.15, 0.2) is 40.6 Å². The lowest BCUT2D eigenvalue weighted by Gasteiger charge is -2.28. The summed E-state index contributed by atoms with van der Waals surface area (Å²) >= 11 is 0. The van der Waals surface area contributed by atoms with E-state index in [1.54, 1.807) is 0 Å². The number of allylic oxidation sites excluding steroid dienone is 2. The van der Waals surface area contributed by atoms with Crippen LogP contribution in [-0.4, -0.2) is 23.7 Å². The number of benzene rings is 1. The van der Waals surface area contributed by atoms with E-state index in [0.717, 1.165) is 0 Å². The van der Waals surface area contributed by atoms with Crippen LogP contribution in [0.1, 0.15) is 33.6 Å². The standard InChI is InChI=1S/C17H21NO3/c1-4-21-16-8-6-5-7-13(16)18-11-12-14(19)9-17(2,3)10-15(12)20/h5-8,11,19H,4,9-10H2,1-3H3. The molecule has 1 aliphatic carbocycles. The van der Waals surface area contributed by atoms with Gasteiger partial charge in [0.1, 0.15) is 17.2 Å². The van der Waals surface area contributed by atoms with Crippen molar-refractivity contribution in [2.75, 3.05) is 6.61 Å². The van der Waals surface area contributed by atoms with E-state index in [4.69, 9.17) is 4.74 Å². The Kier molecular flexibility index (Phi) is 4.46. The molecule has 4 nitrogen and oxygen atoms in total. The molecule has 112 valence electrons. The van der Waals surface area contributed by atoms with Crippen LogP contribution in [0.4, 0.5) is 5.69 Å². The summed E-state index contributed by atoms with van der Waals surface area (Å²) in [5.41, 5.74) is 0.764. The first-order valence-electron chi connectivity index (χ1n) is 7.14. The molecule has 0 saturated heterocycles. The summed E-state index contributed by atoms with van der Waals surface area (Å²) in [7, 11) is 0. The molecule has 0 bridgehead atoms. The number of carbonyl (C=O) groups excluding carboxylic acids is 1. The maximum atomic E-state index is 12.1. The highest BCUT2D eigenvalue weighted by Crippen LogP contribution is 2.35. The molecule has 2 rings (SSSR count). The molecule has 1 aromatic rings. The summed E-state index contributed by atoms with van der Waals surface area (Å²) in [5, 5.41) is 10.1. The highest BCUT2D eigenvalue weighted by molar-refractivity contribution is 6.15. The topological polar surface area (TPSA) is 58.9 Å². The molecule has 0 spiro atoms. The van der Waals surface area contributed by atoms with Crippen molar-refractivity contribution in [2.24, 2.45) is 10.4 Å². The Morgan fingerprint density at radius 3 is 2.71 bits per heavy atom. The Bertz CT molecular complexity index is 600. The molecule has 4 heteroatoms. The van der Waals surface area contributed by atoms with Crippen molar-refractivity contribution in [3.05, 3.63) is 35.6 Å². The van der Waals surface area contributed by atoms with Gasteiger partial charge in [-0.25, -0.2) is 0 Å². The van der Waals surface area contributed by atoms with Gasteiger partial charge in [-0.2, -0.15) is 0 Å². The van der Waals surface area contributed by atoms with Crippen molar-refractivity contribution in [1.29, 1.82) is 0 Å². The molecule has 0 aromatic heterocycles. The van der Waals surface area contributed by atoms with Gasteiger partial charge in [0.15, 0.2) is 5.78 Å². The second-order valence-electron chi connectivity index (χ2n) is 5.96. The third-order valence-electron chi connectivity index (χ3n) is 3.39. The highest BCUT2D eigenvalue weighted by atomic mass is 16.5. The largest absolute Gasteiger partial charge is 0.511 e. The van der Waals surface area contributed by atoms with Gasteiger partial charge in [0.05, 0.1) is 12.2 Å². The van der Waals surface area contributed by atoms with Crippen LogP contribution in [-0.2, 0) is 4.79 Å². The molecule has 0 saturated carbocycles. The lowest BCUT2D eigenvalue weighted by Crippen LogP contribution is -2.26. The summed E-state index contributed by atoms with van der Waals surface area (Å²) in [6, 6.07) is 7.37. The van der Waals surface area contributed by atoms with Gasteiger partial charge in [-0.05, 0) is 24.5 Å². The lowest BCUT2D eigenvalue weighted by atomic mass is 9.77. The molecule has 0 heterocycles. The maximum absolute atomic E-state index is 12.1. The fourth-order valence-corrected chi connectivity index (χ4v) is 2.42. The molecule has 0 aliphatic heterocycles.